The summed E-state index contributed by atoms with van der Waals surface area (Å²) in [6.07, 6.45) is 5.01. The van der Waals surface area contributed by atoms with Gasteiger partial charge in [0.1, 0.15) is 0 Å². The lowest BCUT2D eigenvalue weighted by Crippen LogP contribution is -2.32. The molecule has 1 aromatic carbocycles. The van der Waals surface area contributed by atoms with Crippen LogP contribution in [-0.2, 0) is 29.5 Å². The molecule has 5 nitrogen and oxygen atoms in total. The van der Waals surface area contributed by atoms with Crippen LogP contribution in [0.5, 0.6) is 0 Å². The van der Waals surface area contributed by atoms with Gasteiger partial charge in [-0.3, -0.25) is 0 Å². The van der Waals surface area contributed by atoms with Gasteiger partial charge in [0.2, 0.25) is 0 Å². The summed E-state index contributed by atoms with van der Waals surface area (Å²) >= 11 is 0. The first-order valence-corrected chi connectivity index (χ1v) is 9.99. The Morgan fingerprint density at radius 1 is 0.913 bits per heavy atom. The molecule has 0 saturated carbocycles. The van der Waals surface area contributed by atoms with Crippen LogP contribution in [0.15, 0.2) is 29.2 Å². The predicted octanol–water partition coefficient (Wildman–Crippen LogP) is 1.69. The fourth-order valence-electron chi connectivity index (χ4n) is 3.52. The van der Waals surface area contributed by atoms with Gasteiger partial charge < -0.3 is 14.2 Å². The molecule has 4 rings (SSSR count). The van der Waals surface area contributed by atoms with E-state index >= 15 is 0 Å². The minimum atomic E-state index is -3.17. The molecule has 0 amide bonds. The predicted molar refractivity (Wildman–Crippen MR) is 84.3 cm³/mol. The summed E-state index contributed by atoms with van der Waals surface area (Å²) in [4.78, 5) is 0.364. The van der Waals surface area contributed by atoms with Crippen molar-refractivity contribution in [2.45, 2.75) is 47.9 Å². The van der Waals surface area contributed by atoms with E-state index in [4.69, 9.17) is 14.2 Å². The molecule has 3 fully saturated rings. The molecule has 0 N–H and O–H groups in total. The van der Waals surface area contributed by atoms with Gasteiger partial charge in [0.15, 0.2) is 9.84 Å². The van der Waals surface area contributed by atoms with Crippen LogP contribution in [-0.4, -0.2) is 52.8 Å². The van der Waals surface area contributed by atoms with Crippen LogP contribution < -0.4 is 0 Å². The first kappa shape index (κ1) is 15.6. The summed E-state index contributed by atoms with van der Waals surface area (Å²) in [5.74, 6) is 0. The fraction of sp³-hybridized carbons (Fsp3) is 0.647. The van der Waals surface area contributed by atoms with Crippen molar-refractivity contribution in [2.75, 3.05) is 26.1 Å². The van der Waals surface area contributed by atoms with Gasteiger partial charge in [0.05, 0.1) is 43.0 Å². The summed E-state index contributed by atoms with van der Waals surface area (Å²) in [6.45, 7) is 2.46. The minimum absolute atomic E-state index is 0.0560. The Balaban J connectivity index is 1.66. The van der Waals surface area contributed by atoms with E-state index in [1.54, 1.807) is 12.1 Å². The summed E-state index contributed by atoms with van der Waals surface area (Å²) < 4.78 is 39.9. The monoisotopic (exact) mass is 338 g/mol. The zero-order valence-corrected chi connectivity index (χ0v) is 14.1. The number of hydrogen-bond donors (Lipinski definition) is 0. The van der Waals surface area contributed by atoms with E-state index in [1.807, 2.05) is 12.1 Å². The van der Waals surface area contributed by atoms with E-state index in [0.29, 0.717) is 23.2 Å². The van der Waals surface area contributed by atoms with Gasteiger partial charge in [-0.2, -0.15) is 0 Å². The topological polar surface area (TPSA) is 71.7 Å². The maximum Gasteiger partial charge on any atom is 0.175 e. The Morgan fingerprint density at radius 3 is 1.61 bits per heavy atom. The van der Waals surface area contributed by atoms with Crippen molar-refractivity contribution in [3.8, 4) is 0 Å². The van der Waals surface area contributed by atoms with Crippen LogP contribution in [0.1, 0.15) is 24.8 Å². The third kappa shape index (κ3) is 3.76. The summed E-state index contributed by atoms with van der Waals surface area (Å²) in [7, 11) is -3.17. The maximum atomic E-state index is 11.7. The Morgan fingerprint density at radius 2 is 1.30 bits per heavy atom. The molecule has 3 unspecified atom stereocenters. The molecule has 6 heteroatoms. The normalized spacial score (nSPS) is 31.4. The third-order valence-electron chi connectivity index (χ3n) is 4.96. The number of rotatable bonds is 8. The maximum absolute atomic E-state index is 11.7. The SMILES string of the molecule is CS(=O)(=O)c1ccc(C(CC2CO2)(CC2CO2)CC2CO2)cc1. The second-order valence-corrected chi connectivity index (χ2v) is 9.07. The molecule has 3 saturated heterocycles. The van der Waals surface area contributed by atoms with Crippen molar-refractivity contribution >= 4 is 9.84 Å². The van der Waals surface area contributed by atoms with Crippen molar-refractivity contribution in [1.29, 1.82) is 0 Å². The number of ether oxygens (including phenoxy) is 3. The molecule has 1 aromatic rings. The van der Waals surface area contributed by atoms with Gasteiger partial charge in [-0.05, 0) is 37.0 Å². The Labute approximate surface area is 136 Å². The van der Waals surface area contributed by atoms with Crippen molar-refractivity contribution in [2.24, 2.45) is 0 Å². The van der Waals surface area contributed by atoms with Crippen LogP contribution in [0.3, 0.4) is 0 Å². The summed E-state index contributed by atoms with van der Waals surface area (Å²) in [5.41, 5.74) is 1.12. The minimum Gasteiger partial charge on any atom is -0.373 e. The smallest absolute Gasteiger partial charge is 0.175 e. The van der Waals surface area contributed by atoms with E-state index in [9.17, 15) is 8.42 Å². The van der Waals surface area contributed by atoms with Gasteiger partial charge in [-0.15, -0.1) is 0 Å². The second kappa shape index (κ2) is 5.55. The highest BCUT2D eigenvalue weighted by atomic mass is 32.2. The molecule has 0 aliphatic carbocycles. The zero-order chi connectivity index (χ0) is 16.1. The Bertz CT molecular complexity index is 633. The largest absolute Gasteiger partial charge is 0.373 e. The van der Waals surface area contributed by atoms with Crippen LogP contribution in [0.4, 0.5) is 0 Å². The van der Waals surface area contributed by atoms with Gasteiger partial charge >= 0.3 is 0 Å². The first-order chi connectivity index (χ1) is 10.9. The fourth-order valence-corrected chi connectivity index (χ4v) is 4.15. The summed E-state index contributed by atoms with van der Waals surface area (Å²) in [5, 5.41) is 0. The molecule has 0 aromatic heterocycles. The molecule has 0 spiro atoms. The third-order valence-corrected chi connectivity index (χ3v) is 6.09. The van der Waals surface area contributed by atoms with E-state index < -0.39 is 9.84 Å². The molecule has 126 valence electrons. The molecule has 3 atom stereocenters. The van der Waals surface area contributed by atoms with Crippen molar-refractivity contribution in [3.05, 3.63) is 29.8 Å². The van der Waals surface area contributed by atoms with Crippen LogP contribution in [0.25, 0.3) is 0 Å². The summed E-state index contributed by atoms with van der Waals surface area (Å²) in [6, 6.07) is 7.36. The number of epoxide rings is 3. The van der Waals surface area contributed by atoms with E-state index in [-0.39, 0.29) is 5.41 Å². The molecular weight excluding hydrogens is 316 g/mol. The van der Waals surface area contributed by atoms with Crippen LogP contribution in [0, 0.1) is 0 Å². The van der Waals surface area contributed by atoms with Gasteiger partial charge in [-0.1, -0.05) is 12.1 Å². The average molecular weight is 338 g/mol. The molecule has 3 heterocycles. The highest BCUT2D eigenvalue weighted by Crippen LogP contribution is 2.45. The number of sulfone groups is 1. The highest BCUT2D eigenvalue weighted by Gasteiger charge is 2.46. The molecule has 0 radical (unpaired) electrons. The molecule has 0 bridgehead atoms. The lowest BCUT2D eigenvalue weighted by atomic mass is 9.70. The van der Waals surface area contributed by atoms with Crippen LogP contribution in [0.2, 0.25) is 0 Å². The van der Waals surface area contributed by atoms with Crippen molar-refractivity contribution in [1.82, 2.24) is 0 Å². The van der Waals surface area contributed by atoms with Crippen molar-refractivity contribution in [3.63, 3.8) is 0 Å². The van der Waals surface area contributed by atoms with Crippen LogP contribution >= 0.6 is 0 Å². The Kier molecular flexibility index (Phi) is 3.76. The molecule has 3 aliphatic rings. The van der Waals surface area contributed by atoms with E-state index in [2.05, 4.69) is 0 Å². The first-order valence-electron chi connectivity index (χ1n) is 8.10. The number of benzene rings is 1. The number of hydrogen-bond acceptors (Lipinski definition) is 5. The standard InChI is InChI=1S/C17H22O5S/c1-23(18,19)16-4-2-12(3-5-16)17(6-13-9-20-13,7-14-10-21-14)8-15-11-22-15/h2-5,13-15H,6-11H2,1H3. The lowest BCUT2D eigenvalue weighted by molar-refractivity contribution is 0.232. The zero-order valence-electron chi connectivity index (χ0n) is 13.2. The molecule has 3 aliphatic heterocycles. The quantitative estimate of drug-likeness (QED) is 0.675. The van der Waals surface area contributed by atoms with E-state index in [1.165, 1.54) is 11.8 Å². The average Bonchev–Trinajstić information content (AvgIpc) is 3.31. The second-order valence-electron chi connectivity index (χ2n) is 7.06. The van der Waals surface area contributed by atoms with Crippen molar-refractivity contribution < 1.29 is 22.6 Å². The molecule has 23 heavy (non-hydrogen) atoms. The van der Waals surface area contributed by atoms with Gasteiger partial charge in [0.25, 0.3) is 0 Å². The van der Waals surface area contributed by atoms with E-state index in [0.717, 1.165) is 39.1 Å². The Hall–Kier alpha value is -0.950. The van der Waals surface area contributed by atoms with Gasteiger partial charge in [-0.25, -0.2) is 8.42 Å². The lowest BCUT2D eigenvalue weighted by Gasteiger charge is -2.33. The van der Waals surface area contributed by atoms with Gasteiger partial charge in [0, 0.05) is 11.7 Å². The molecular formula is C17H22O5S. The highest BCUT2D eigenvalue weighted by molar-refractivity contribution is 7.90.